The van der Waals surface area contributed by atoms with Crippen LogP contribution in [0.4, 0.5) is 0 Å². The summed E-state index contributed by atoms with van der Waals surface area (Å²) in [7, 11) is 0. The molecule has 3 N–H and O–H groups in total. The Kier molecular flexibility index (Phi) is 4.72. The maximum absolute atomic E-state index is 5.69. The van der Waals surface area contributed by atoms with Crippen LogP contribution in [0.5, 0.6) is 0 Å². The summed E-state index contributed by atoms with van der Waals surface area (Å²) in [5.41, 5.74) is 5.05. The van der Waals surface area contributed by atoms with Gasteiger partial charge in [-0.3, -0.25) is 16.0 Å². The van der Waals surface area contributed by atoms with Crippen LogP contribution < -0.4 is 11.3 Å². The van der Waals surface area contributed by atoms with Crippen molar-refractivity contribution >= 4 is 27.3 Å². The van der Waals surface area contributed by atoms with E-state index in [9.17, 15) is 0 Å². The van der Waals surface area contributed by atoms with Gasteiger partial charge in [-0.2, -0.15) is 5.10 Å². The van der Waals surface area contributed by atoms with Crippen LogP contribution in [0.1, 0.15) is 34.2 Å². The average Bonchev–Trinajstić information content (AvgIpc) is 2.93. The van der Waals surface area contributed by atoms with E-state index in [0.29, 0.717) is 0 Å². The van der Waals surface area contributed by atoms with Gasteiger partial charge >= 0.3 is 0 Å². The van der Waals surface area contributed by atoms with E-state index in [2.05, 4.69) is 38.4 Å². The van der Waals surface area contributed by atoms with E-state index in [1.807, 2.05) is 24.7 Å². The molecule has 0 aromatic carbocycles. The number of aryl methyl sites for hydroxylation is 3. The predicted octanol–water partition coefficient (Wildman–Crippen LogP) is 2.49. The Morgan fingerprint density at radius 2 is 2.26 bits per heavy atom. The Morgan fingerprint density at radius 1 is 1.53 bits per heavy atom. The van der Waals surface area contributed by atoms with E-state index in [1.165, 1.54) is 0 Å². The van der Waals surface area contributed by atoms with E-state index < -0.39 is 0 Å². The fourth-order valence-corrected chi connectivity index (χ4v) is 3.33. The third-order valence-electron chi connectivity index (χ3n) is 3.03. The lowest BCUT2D eigenvalue weighted by atomic mass is 10.1. The van der Waals surface area contributed by atoms with Gasteiger partial charge in [0.15, 0.2) is 0 Å². The minimum Gasteiger partial charge on any atom is -0.271 e. The van der Waals surface area contributed by atoms with Crippen molar-refractivity contribution in [3.05, 3.63) is 31.9 Å². The molecule has 104 valence electrons. The molecule has 0 aliphatic carbocycles. The SMILES string of the molecule is CCn1nc(C)c(Br)c1CC(NN)c1cnc(C)s1. The molecule has 0 saturated heterocycles. The number of nitrogens with one attached hydrogen (secondary N) is 1. The fraction of sp³-hybridized carbons (Fsp3) is 0.500. The third-order valence-corrected chi connectivity index (χ3v) is 5.09. The summed E-state index contributed by atoms with van der Waals surface area (Å²) in [5, 5.41) is 5.55. The molecule has 0 saturated carbocycles. The number of aromatic nitrogens is 3. The molecule has 2 aromatic rings. The van der Waals surface area contributed by atoms with E-state index in [-0.39, 0.29) is 6.04 Å². The maximum atomic E-state index is 5.69. The molecular weight excluding hydrogens is 326 g/mol. The third kappa shape index (κ3) is 3.05. The largest absolute Gasteiger partial charge is 0.271 e. The number of nitrogens with two attached hydrogens (primary N) is 1. The molecule has 1 atom stereocenters. The first-order chi connectivity index (χ1) is 9.06. The molecule has 5 nitrogen and oxygen atoms in total. The molecule has 19 heavy (non-hydrogen) atoms. The molecule has 7 heteroatoms. The Balaban J connectivity index is 2.28. The van der Waals surface area contributed by atoms with Crippen LogP contribution in [-0.2, 0) is 13.0 Å². The highest BCUT2D eigenvalue weighted by Crippen LogP contribution is 2.28. The summed E-state index contributed by atoms with van der Waals surface area (Å²) >= 11 is 5.28. The molecule has 0 aliphatic heterocycles. The molecule has 0 aliphatic rings. The lowest BCUT2D eigenvalue weighted by molar-refractivity contribution is 0.521. The number of hydrogen-bond donors (Lipinski definition) is 2. The molecule has 0 bridgehead atoms. The van der Waals surface area contributed by atoms with Gasteiger partial charge in [0.2, 0.25) is 0 Å². The van der Waals surface area contributed by atoms with Crippen LogP contribution >= 0.6 is 27.3 Å². The van der Waals surface area contributed by atoms with Crippen LogP contribution in [0.15, 0.2) is 10.7 Å². The Hall–Kier alpha value is -0.760. The number of thiazole rings is 1. The minimum atomic E-state index is 0.0592. The zero-order valence-corrected chi connectivity index (χ0v) is 13.7. The van der Waals surface area contributed by atoms with Crippen molar-refractivity contribution < 1.29 is 0 Å². The standard InChI is InChI=1S/C12H18BrN5S/c1-4-18-10(12(13)7(2)17-18)5-9(16-14)11-6-15-8(3)19-11/h6,9,16H,4-5,14H2,1-3H3. The first-order valence-corrected chi connectivity index (χ1v) is 7.78. The second-order valence-corrected chi connectivity index (χ2v) is 6.43. The van der Waals surface area contributed by atoms with E-state index in [0.717, 1.165) is 38.7 Å². The molecule has 2 heterocycles. The number of halogens is 1. The number of rotatable bonds is 5. The molecule has 1 unspecified atom stereocenters. The van der Waals surface area contributed by atoms with Crippen molar-refractivity contribution in [3.63, 3.8) is 0 Å². The highest BCUT2D eigenvalue weighted by molar-refractivity contribution is 9.10. The van der Waals surface area contributed by atoms with Crippen LogP contribution in [0.25, 0.3) is 0 Å². The van der Waals surface area contributed by atoms with Gasteiger partial charge in [0.25, 0.3) is 0 Å². The normalized spacial score (nSPS) is 12.9. The second-order valence-electron chi connectivity index (χ2n) is 4.37. The van der Waals surface area contributed by atoms with Crippen molar-refractivity contribution in [1.82, 2.24) is 20.2 Å². The maximum Gasteiger partial charge on any atom is 0.0897 e. The minimum absolute atomic E-state index is 0.0592. The molecular formula is C12H18BrN5S. The highest BCUT2D eigenvalue weighted by Gasteiger charge is 2.19. The van der Waals surface area contributed by atoms with Gasteiger partial charge in [-0.05, 0) is 36.7 Å². The van der Waals surface area contributed by atoms with Crippen molar-refractivity contribution in [2.45, 2.75) is 39.8 Å². The fourth-order valence-electron chi connectivity index (χ4n) is 2.04. The first-order valence-electron chi connectivity index (χ1n) is 6.17. The molecule has 0 fully saturated rings. The Labute approximate surface area is 125 Å². The summed E-state index contributed by atoms with van der Waals surface area (Å²) in [6.45, 7) is 6.93. The number of nitrogens with zero attached hydrogens (tertiary/aromatic N) is 3. The smallest absolute Gasteiger partial charge is 0.0897 e. The molecule has 0 radical (unpaired) electrons. The number of hydrogen-bond acceptors (Lipinski definition) is 5. The van der Waals surface area contributed by atoms with Gasteiger partial charge < -0.3 is 0 Å². The second kappa shape index (κ2) is 6.13. The highest BCUT2D eigenvalue weighted by atomic mass is 79.9. The van der Waals surface area contributed by atoms with E-state index in [4.69, 9.17) is 5.84 Å². The van der Waals surface area contributed by atoms with Gasteiger partial charge in [0, 0.05) is 24.0 Å². The zero-order chi connectivity index (χ0) is 14.0. The van der Waals surface area contributed by atoms with Gasteiger partial charge in [-0.25, -0.2) is 4.98 Å². The lowest BCUT2D eigenvalue weighted by Gasteiger charge is -2.15. The zero-order valence-electron chi connectivity index (χ0n) is 11.3. The van der Waals surface area contributed by atoms with E-state index >= 15 is 0 Å². The quantitative estimate of drug-likeness (QED) is 0.646. The van der Waals surface area contributed by atoms with Gasteiger partial charge in [-0.15, -0.1) is 11.3 Å². The van der Waals surface area contributed by atoms with Crippen molar-refractivity contribution in [1.29, 1.82) is 0 Å². The van der Waals surface area contributed by atoms with Crippen molar-refractivity contribution in [3.8, 4) is 0 Å². The first kappa shape index (κ1) is 14.6. The summed E-state index contributed by atoms with van der Waals surface area (Å²) in [6, 6.07) is 0.0592. The summed E-state index contributed by atoms with van der Waals surface area (Å²) in [6.07, 6.45) is 2.67. The van der Waals surface area contributed by atoms with Crippen LogP contribution in [0, 0.1) is 13.8 Å². The lowest BCUT2D eigenvalue weighted by Crippen LogP contribution is -2.29. The molecule has 0 spiro atoms. The van der Waals surface area contributed by atoms with Crippen LogP contribution in [0.2, 0.25) is 0 Å². The molecule has 2 aromatic heterocycles. The van der Waals surface area contributed by atoms with Gasteiger partial charge in [0.05, 0.1) is 26.9 Å². The van der Waals surface area contributed by atoms with Crippen molar-refractivity contribution in [2.24, 2.45) is 5.84 Å². The Bertz CT molecular complexity index is 562. The van der Waals surface area contributed by atoms with E-state index in [1.54, 1.807) is 11.3 Å². The Morgan fingerprint density at radius 3 is 2.79 bits per heavy atom. The van der Waals surface area contributed by atoms with Crippen molar-refractivity contribution in [2.75, 3.05) is 0 Å². The summed E-state index contributed by atoms with van der Waals surface area (Å²) in [5.74, 6) is 5.69. The number of hydrazine groups is 1. The summed E-state index contributed by atoms with van der Waals surface area (Å²) < 4.78 is 3.08. The van der Waals surface area contributed by atoms with Gasteiger partial charge in [-0.1, -0.05) is 0 Å². The molecule has 0 amide bonds. The van der Waals surface area contributed by atoms with Crippen LogP contribution in [-0.4, -0.2) is 14.8 Å². The monoisotopic (exact) mass is 343 g/mol. The predicted molar refractivity (Wildman–Crippen MR) is 81.0 cm³/mol. The average molecular weight is 344 g/mol. The molecule has 2 rings (SSSR count). The topological polar surface area (TPSA) is 68.8 Å². The summed E-state index contributed by atoms with van der Waals surface area (Å²) in [4.78, 5) is 5.43. The van der Waals surface area contributed by atoms with Crippen LogP contribution in [0.3, 0.4) is 0 Å². The van der Waals surface area contributed by atoms with Gasteiger partial charge in [0.1, 0.15) is 0 Å².